The van der Waals surface area contributed by atoms with Crippen LogP contribution in [0.4, 0.5) is 22.0 Å². The first-order chi connectivity index (χ1) is 19.2. The minimum Gasteiger partial charge on any atom is -0.304 e. The molecule has 0 radical (unpaired) electrons. The molecule has 6 aromatic rings. The molecule has 40 heavy (non-hydrogen) atoms. The van der Waals surface area contributed by atoms with Gasteiger partial charge in [-0.1, -0.05) is 0 Å². The second-order valence-electron chi connectivity index (χ2n) is 8.26. The number of nitriles is 4. The topological polar surface area (TPSA) is 152 Å². The van der Waals surface area contributed by atoms with Gasteiger partial charge < -0.3 is 4.57 Å². The van der Waals surface area contributed by atoms with E-state index in [4.69, 9.17) is 0 Å². The van der Waals surface area contributed by atoms with Crippen molar-refractivity contribution in [3.05, 3.63) is 76.1 Å². The number of halogens is 5. The highest BCUT2D eigenvalue weighted by Gasteiger charge is 2.29. The van der Waals surface area contributed by atoms with Crippen LogP contribution in [-0.4, -0.2) is 24.5 Å². The second-order valence-corrected chi connectivity index (χ2v) is 8.26. The van der Waals surface area contributed by atoms with Crippen molar-refractivity contribution in [1.82, 2.24) is 24.5 Å². The number of benzene rings is 3. The minimum absolute atomic E-state index is 0.0182. The third-order valence-corrected chi connectivity index (χ3v) is 6.17. The van der Waals surface area contributed by atoms with E-state index in [0.717, 1.165) is 4.57 Å². The van der Waals surface area contributed by atoms with Crippen LogP contribution in [0, 0.1) is 74.4 Å². The third-order valence-electron chi connectivity index (χ3n) is 6.17. The molecule has 6 rings (SSSR count). The van der Waals surface area contributed by atoms with Crippen LogP contribution in [0.3, 0.4) is 0 Å². The first kappa shape index (κ1) is 24.1. The molecule has 3 aromatic heterocycles. The maximum Gasteiger partial charge on any atom is 0.200 e. The number of fused-ring (bicyclic) bond motifs is 5. The van der Waals surface area contributed by atoms with Crippen molar-refractivity contribution in [3.8, 4) is 30.0 Å². The lowest BCUT2D eigenvalue weighted by Gasteiger charge is -2.12. The summed E-state index contributed by atoms with van der Waals surface area (Å²) in [6.07, 6.45) is 0. The Kier molecular flexibility index (Phi) is 5.05. The Morgan fingerprint density at radius 1 is 0.475 bits per heavy atom. The van der Waals surface area contributed by atoms with Gasteiger partial charge in [0.2, 0.25) is 5.82 Å². The van der Waals surface area contributed by atoms with Gasteiger partial charge in [0.05, 0.1) is 33.1 Å². The number of hydrogen-bond donors (Lipinski definition) is 0. The van der Waals surface area contributed by atoms with Crippen LogP contribution in [0.15, 0.2) is 24.3 Å². The van der Waals surface area contributed by atoms with Crippen LogP contribution in [0.5, 0.6) is 0 Å². The van der Waals surface area contributed by atoms with Gasteiger partial charge >= 0.3 is 0 Å². The van der Waals surface area contributed by atoms with Gasteiger partial charge in [0.15, 0.2) is 46.0 Å². The Morgan fingerprint density at radius 3 is 1.10 bits per heavy atom. The van der Waals surface area contributed by atoms with Crippen LogP contribution in [0.25, 0.3) is 49.6 Å². The van der Waals surface area contributed by atoms with Gasteiger partial charge in [-0.15, -0.1) is 0 Å². The summed E-state index contributed by atoms with van der Waals surface area (Å²) in [4.78, 5) is 16.3. The summed E-state index contributed by atoms with van der Waals surface area (Å²) in [5, 5.41) is 37.7. The highest BCUT2D eigenvalue weighted by Crippen LogP contribution is 2.38. The van der Waals surface area contributed by atoms with Crippen molar-refractivity contribution in [3.63, 3.8) is 0 Å². The molecule has 188 valence electrons. The molecular formula is C26H4F5N9. The van der Waals surface area contributed by atoms with Gasteiger partial charge in [-0.05, 0) is 24.3 Å². The molecular weight excluding hydrogens is 533 g/mol. The van der Waals surface area contributed by atoms with Gasteiger partial charge in [0.1, 0.15) is 30.0 Å². The normalized spacial score (nSPS) is 11.0. The predicted molar refractivity (Wildman–Crippen MR) is 126 cm³/mol. The lowest BCUT2D eigenvalue weighted by molar-refractivity contribution is 0.376. The molecule has 0 saturated heterocycles. The molecule has 0 aliphatic heterocycles. The van der Waals surface area contributed by atoms with Crippen LogP contribution in [0.2, 0.25) is 0 Å². The van der Waals surface area contributed by atoms with Crippen molar-refractivity contribution < 1.29 is 22.0 Å². The minimum atomic E-state index is -2.35. The van der Waals surface area contributed by atoms with E-state index in [-0.39, 0.29) is 66.6 Å². The Balaban J connectivity index is 1.88. The molecule has 14 heteroatoms. The molecule has 9 nitrogen and oxygen atoms in total. The van der Waals surface area contributed by atoms with Gasteiger partial charge in [-0.3, -0.25) is 0 Å². The zero-order valence-corrected chi connectivity index (χ0v) is 19.2. The number of hydrogen-bond acceptors (Lipinski definition) is 8. The molecule has 0 N–H and O–H groups in total. The number of rotatable bonds is 1. The Hall–Kier alpha value is -6.25. The molecule has 0 aliphatic carbocycles. The van der Waals surface area contributed by atoms with Crippen molar-refractivity contribution in [2.75, 3.05) is 0 Å². The van der Waals surface area contributed by atoms with Gasteiger partial charge in [-0.25, -0.2) is 41.9 Å². The van der Waals surface area contributed by atoms with Gasteiger partial charge in [0.25, 0.3) is 0 Å². The molecule has 0 saturated carbocycles. The van der Waals surface area contributed by atoms with E-state index in [1.54, 1.807) is 24.3 Å². The first-order valence-corrected chi connectivity index (χ1v) is 10.9. The summed E-state index contributed by atoms with van der Waals surface area (Å²) in [6, 6.07) is 12.0. The highest BCUT2D eigenvalue weighted by molar-refractivity contribution is 6.15. The smallest absolute Gasteiger partial charge is 0.200 e. The molecule has 3 aromatic carbocycles. The molecule has 3 heterocycles. The summed E-state index contributed by atoms with van der Waals surface area (Å²) in [6.45, 7) is 0. The molecule has 0 fully saturated rings. The molecule has 0 atom stereocenters. The standard InChI is InChI=1S/C26H4F5N9/c27-21-22(28)24(30)26(25(31)23(21)29)40-19-3-13-11(36-15(5-32)17(7-34)38-13)1-9(19)10-2-12-14(4-20(10)40)39-18(8-35)16(6-33)37-12/h1-4H. The van der Waals surface area contributed by atoms with E-state index in [0.29, 0.717) is 0 Å². The van der Waals surface area contributed by atoms with E-state index >= 15 is 8.78 Å². The maximum atomic E-state index is 15.1. The van der Waals surface area contributed by atoms with Crippen molar-refractivity contribution in [2.24, 2.45) is 0 Å². The Morgan fingerprint density at radius 2 is 0.775 bits per heavy atom. The zero-order chi connectivity index (χ0) is 28.5. The van der Waals surface area contributed by atoms with E-state index in [1.807, 2.05) is 0 Å². The van der Waals surface area contributed by atoms with Crippen LogP contribution < -0.4 is 0 Å². The molecule has 0 bridgehead atoms. The Labute approximate surface area is 217 Å². The average molecular weight is 537 g/mol. The van der Waals surface area contributed by atoms with E-state index in [9.17, 15) is 34.2 Å². The fourth-order valence-corrected chi connectivity index (χ4v) is 4.46. The Bertz CT molecular complexity index is 2180. The highest BCUT2D eigenvalue weighted by atomic mass is 19.2. The van der Waals surface area contributed by atoms with Gasteiger partial charge in [0, 0.05) is 10.8 Å². The van der Waals surface area contributed by atoms with Crippen LogP contribution >= 0.6 is 0 Å². The largest absolute Gasteiger partial charge is 0.304 e. The van der Waals surface area contributed by atoms with Crippen molar-refractivity contribution in [2.45, 2.75) is 0 Å². The molecule has 0 unspecified atom stereocenters. The van der Waals surface area contributed by atoms with E-state index in [2.05, 4.69) is 19.9 Å². The summed E-state index contributed by atoms with van der Waals surface area (Å²) < 4.78 is 73.5. The predicted octanol–water partition coefficient (Wildman–Crippen LogP) is 4.85. The quantitative estimate of drug-likeness (QED) is 0.164. The van der Waals surface area contributed by atoms with Crippen molar-refractivity contribution >= 4 is 43.9 Å². The fraction of sp³-hybridized carbons (Fsp3) is 0. The maximum absolute atomic E-state index is 15.1. The fourth-order valence-electron chi connectivity index (χ4n) is 4.46. The average Bonchev–Trinajstić information content (AvgIpc) is 3.26. The molecule has 0 spiro atoms. The first-order valence-electron chi connectivity index (χ1n) is 10.9. The van der Waals surface area contributed by atoms with Crippen LogP contribution in [-0.2, 0) is 0 Å². The lowest BCUT2D eigenvalue weighted by Crippen LogP contribution is -2.09. The summed E-state index contributed by atoms with van der Waals surface area (Å²) in [7, 11) is 0. The second kappa shape index (κ2) is 8.38. The summed E-state index contributed by atoms with van der Waals surface area (Å²) in [5.74, 6) is -11.0. The van der Waals surface area contributed by atoms with E-state index in [1.165, 1.54) is 24.3 Å². The summed E-state index contributed by atoms with van der Waals surface area (Å²) >= 11 is 0. The number of nitrogens with zero attached hydrogens (tertiary/aromatic N) is 9. The van der Waals surface area contributed by atoms with Crippen LogP contribution in [0.1, 0.15) is 22.8 Å². The zero-order valence-electron chi connectivity index (χ0n) is 19.2. The lowest BCUT2D eigenvalue weighted by atomic mass is 10.1. The third kappa shape index (κ3) is 3.14. The molecule has 0 aliphatic rings. The van der Waals surface area contributed by atoms with E-state index < -0.39 is 34.8 Å². The molecule has 0 amide bonds. The monoisotopic (exact) mass is 537 g/mol. The SMILES string of the molecule is N#Cc1nc2cc3c4cc5nc(C#N)c(C#N)nc5cc4n(-c4c(F)c(F)c(F)c(F)c4F)c3cc2nc1C#N. The summed E-state index contributed by atoms with van der Waals surface area (Å²) in [5.41, 5.74) is -2.67. The number of aromatic nitrogens is 5. The van der Waals surface area contributed by atoms with Crippen molar-refractivity contribution in [1.29, 1.82) is 21.0 Å². The van der Waals surface area contributed by atoms with Gasteiger partial charge in [-0.2, -0.15) is 21.0 Å².